The molecular weight excluding hydrogens is 158 g/mol. The van der Waals surface area contributed by atoms with Crippen molar-refractivity contribution in [2.75, 3.05) is 0 Å². The van der Waals surface area contributed by atoms with Crippen molar-refractivity contribution < 1.29 is 19.8 Å². The molecule has 0 aromatic carbocycles. The van der Waals surface area contributed by atoms with E-state index in [4.69, 9.17) is 10.2 Å². The minimum absolute atomic E-state index is 0. The van der Waals surface area contributed by atoms with Crippen LogP contribution in [0.3, 0.4) is 0 Å². The second-order valence-corrected chi connectivity index (χ2v) is 1.01. The Bertz CT molecular complexity index is 126. The van der Waals surface area contributed by atoms with E-state index in [0.29, 0.717) is 12.2 Å². The maximum absolute atomic E-state index is 9.55. The number of carboxylic acids is 2. The van der Waals surface area contributed by atoms with Crippen LogP contribution in [-0.4, -0.2) is 81.3 Å². The van der Waals surface area contributed by atoms with Crippen molar-refractivity contribution in [3.63, 3.8) is 0 Å². The summed E-state index contributed by atoms with van der Waals surface area (Å²) in [5.41, 5.74) is 0. The molecule has 2 N–H and O–H groups in total. The minimum Gasteiger partial charge on any atom is -0.478 e. The third-order valence-electron chi connectivity index (χ3n) is 0.368. The molecule has 0 aliphatic heterocycles. The summed E-state index contributed by atoms with van der Waals surface area (Å²) in [5.74, 6) is -2.51. The smallest absolute Gasteiger partial charge is 0.328 e. The van der Waals surface area contributed by atoms with Crippen LogP contribution in [0.2, 0.25) is 0 Å². The molecule has 0 bridgehead atoms. The molecule has 46 valence electrons. The Balaban J connectivity index is -0.000000245. The number of hydrogen-bond donors (Lipinski definition) is 2. The van der Waals surface area contributed by atoms with Crippen LogP contribution in [0, 0.1) is 0 Å². The summed E-state index contributed by atoms with van der Waals surface area (Å²) < 4.78 is 0. The molecule has 0 aromatic heterocycles. The molecule has 0 aliphatic rings. The Hall–Kier alpha value is 0.680. The van der Waals surface area contributed by atoms with Crippen LogP contribution in [0.1, 0.15) is 0 Å². The second kappa shape index (κ2) is 9.68. The van der Waals surface area contributed by atoms with E-state index < -0.39 is 11.9 Å². The van der Waals surface area contributed by atoms with Crippen LogP contribution in [0.25, 0.3) is 0 Å². The van der Waals surface area contributed by atoms with E-state index >= 15 is 0 Å². The molecule has 2 radical (unpaired) electrons. The van der Waals surface area contributed by atoms with Crippen molar-refractivity contribution in [3.8, 4) is 0 Å². The molecule has 0 unspecified atom stereocenters. The molecule has 0 heterocycles. The van der Waals surface area contributed by atoms with E-state index in [-0.39, 0.29) is 59.1 Å². The van der Waals surface area contributed by atoms with Crippen LogP contribution in [0.15, 0.2) is 12.2 Å². The predicted molar refractivity (Wildman–Crippen MR) is 35.9 cm³/mol. The van der Waals surface area contributed by atoms with E-state index in [0.717, 1.165) is 0 Å². The summed E-state index contributed by atoms with van der Waals surface area (Å²) in [5, 5.41) is 15.6. The first-order chi connectivity index (χ1) is 3.63. The Labute approximate surface area is 102 Å². The van der Waals surface area contributed by atoms with Gasteiger partial charge in [0.1, 0.15) is 0 Å². The summed E-state index contributed by atoms with van der Waals surface area (Å²) >= 11 is 0. The Morgan fingerprint density at radius 1 is 0.900 bits per heavy atom. The fraction of sp³-hybridized carbons (Fsp3) is 0. The van der Waals surface area contributed by atoms with E-state index in [9.17, 15) is 9.59 Å². The largest absolute Gasteiger partial charge is 0.478 e. The summed E-state index contributed by atoms with van der Waals surface area (Å²) in [6.45, 7) is 0. The first kappa shape index (κ1) is 17.0. The first-order valence-corrected chi connectivity index (χ1v) is 1.77. The van der Waals surface area contributed by atoms with Gasteiger partial charge in [-0.25, -0.2) is 9.59 Å². The van der Waals surface area contributed by atoms with Crippen molar-refractivity contribution in [2.24, 2.45) is 0 Å². The van der Waals surface area contributed by atoms with Gasteiger partial charge in [0.05, 0.1) is 0 Å². The summed E-state index contributed by atoms with van der Waals surface area (Å²) in [4.78, 5) is 19.1. The van der Waals surface area contributed by atoms with Crippen LogP contribution in [0.4, 0.5) is 0 Å². The van der Waals surface area contributed by atoms with Gasteiger partial charge >= 0.3 is 11.9 Å². The van der Waals surface area contributed by atoms with Crippen LogP contribution < -0.4 is 0 Å². The van der Waals surface area contributed by atoms with Gasteiger partial charge in [-0.05, 0) is 0 Å². The van der Waals surface area contributed by atoms with Gasteiger partial charge in [-0.1, -0.05) is 0 Å². The molecule has 0 spiro atoms. The third-order valence-corrected chi connectivity index (χ3v) is 0.368. The van der Waals surface area contributed by atoms with E-state index in [2.05, 4.69) is 0 Å². The summed E-state index contributed by atoms with van der Waals surface area (Å²) in [6, 6.07) is 0. The maximum atomic E-state index is 9.55. The van der Waals surface area contributed by atoms with Crippen molar-refractivity contribution >= 4 is 71.1 Å². The number of aliphatic carboxylic acids is 2. The molecule has 0 saturated heterocycles. The zero-order chi connectivity index (χ0) is 6.57. The van der Waals surface area contributed by atoms with Crippen LogP contribution in [0.5, 0.6) is 0 Å². The van der Waals surface area contributed by atoms with Gasteiger partial charge in [0, 0.05) is 71.3 Å². The van der Waals surface area contributed by atoms with Gasteiger partial charge in [-0.3, -0.25) is 0 Å². The fourth-order valence-corrected chi connectivity index (χ4v) is 0.143. The van der Waals surface area contributed by atoms with Gasteiger partial charge in [0.15, 0.2) is 0 Å². The zero-order valence-electron chi connectivity index (χ0n) is 5.87. The van der Waals surface area contributed by atoms with Crippen molar-refractivity contribution in [2.45, 2.75) is 0 Å². The van der Waals surface area contributed by atoms with Gasteiger partial charge < -0.3 is 10.2 Å². The van der Waals surface area contributed by atoms with Crippen molar-refractivity contribution in [1.29, 1.82) is 0 Å². The first-order valence-electron chi connectivity index (χ1n) is 1.77. The quantitative estimate of drug-likeness (QED) is 0.401. The van der Waals surface area contributed by atoms with Crippen LogP contribution >= 0.6 is 0 Å². The topological polar surface area (TPSA) is 74.6 Å². The standard InChI is InChI=1S/C4H4O4.2Na/c5-3(6)1-2-4(7)8;;/h1-2H,(H,5,6)(H,7,8);;. The van der Waals surface area contributed by atoms with Crippen molar-refractivity contribution in [3.05, 3.63) is 12.2 Å². The Kier molecular flexibility index (Phi) is 16.4. The third kappa shape index (κ3) is 15.9. The molecule has 0 rings (SSSR count). The predicted octanol–water partition coefficient (Wildman–Crippen LogP) is -1.05. The van der Waals surface area contributed by atoms with Gasteiger partial charge in [0.2, 0.25) is 0 Å². The molecule has 0 aromatic rings. The molecular formula is C4H4Na2O4. The maximum Gasteiger partial charge on any atom is 0.328 e. The molecule has 0 amide bonds. The van der Waals surface area contributed by atoms with E-state index in [1.165, 1.54) is 0 Å². The molecule has 6 heteroatoms. The van der Waals surface area contributed by atoms with E-state index in [1.807, 2.05) is 0 Å². The number of carboxylic acid groups (broad SMARTS) is 2. The molecule has 0 fully saturated rings. The van der Waals surface area contributed by atoms with Gasteiger partial charge in [-0.15, -0.1) is 0 Å². The number of rotatable bonds is 2. The molecule has 0 saturated carbocycles. The average Bonchev–Trinajstić information content (AvgIpc) is 1.61. The number of hydrogen-bond acceptors (Lipinski definition) is 2. The molecule has 4 nitrogen and oxygen atoms in total. The second-order valence-electron chi connectivity index (χ2n) is 1.01. The van der Waals surface area contributed by atoms with Gasteiger partial charge in [0.25, 0.3) is 0 Å². The molecule has 0 aliphatic carbocycles. The SMILES string of the molecule is O=C(O)C=CC(=O)O.[Na].[Na]. The summed E-state index contributed by atoms with van der Waals surface area (Å²) in [6.07, 6.45) is 1.12. The Morgan fingerprint density at radius 2 is 1.10 bits per heavy atom. The fourth-order valence-electron chi connectivity index (χ4n) is 0.143. The average molecular weight is 162 g/mol. The van der Waals surface area contributed by atoms with Gasteiger partial charge in [-0.2, -0.15) is 0 Å². The summed E-state index contributed by atoms with van der Waals surface area (Å²) in [7, 11) is 0. The Morgan fingerprint density at radius 3 is 1.20 bits per heavy atom. The van der Waals surface area contributed by atoms with E-state index in [1.54, 1.807) is 0 Å². The molecule has 10 heavy (non-hydrogen) atoms. The van der Waals surface area contributed by atoms with Crippen molar-refractivity contribution in [1.82, 2.24) is 0 Å². The monoisotopic (exact) mass is 162 g/mol. The minimum atomic E-state index is -1.26. The number of carbonyl (C=O) groups is 2. The van der Waals surface area contributed by atoms with Crippen LogP contribution in [-0.2, 0) is 9.59 Å². The zero-order valence-corrected chi connectivity index (χ0v) is 9.87. The normalized spacial score (nSPS) is 7.60. The molecule has 0 atom stereocenters.